The summed E-state index contributed by atoms with van der Waals surface area (Å²) in [5, 5.41) is 12.1. The Morgan fingerprint density at radius 2 is 1.96 bits per heavy atom. The van der Waals surface area contributed by atoms with E-state index in [4.69, 9.17) is 9.15 Å². The van der Waals surface area contributed by atoms with Gasteiger partial charge in [-0.1, -0.05) is 11.8 Å². The van der Waals surface area contributed by atoms with Gasteiger partial charge in [0.2, 0.25) is 11.7 Å². The molecule has 0 aliphatic heterocycles. The molecule has 0 spiro atoms. The standard InChI is InChI=1S/C19H22N4O3S/c1-19(2,3)20-16(24)12-27-18-22-21-17(15-6-5-11-26-15)23(18)13-7-9-14(25-4)10-8-13/h5-11H,12H2,1-4H3,(H,20,24). The molecule has 7 nitrogen and oxygen atoms in total. The molecule has 27 heavy (non-hydrogen) atoms. The van der Waals surface area contributed by atoms with E-state index in [0.29, 0.717) is 16.7 Å². The number of benzene rings is 1. The molecule has 1 N–H and O–H groups in total. The Morgan fingerprint density at radius 3 is 2.56 bits per heavy atom. The lowest BCUT2D eigenvalue weighted by atomic mass is 10.1. The number of carbonyl (C=O) groups excluding carboxylic acids is 1. The van der Waals surface area contributed by atoms with E-state index in [1.807, 2.05) is 55.7 Å². The van der Waals surface area contributed by atoms with E-state index >= 15 is 0 Å². The molecule has 1 aromatic carbocycles. The van der Waals surface area contributed by atoms with Crippen LogP contribution >= 0.6 is 11.8 Å². The van der Waals surface area contributed by atoms with Crippen LogP contribution < -0.4 is 10.1 Å². The third-order valence-corrected chi connectivity index (χ3v) is 4.48. The van der Waals surface area contributed by atoms with Crippen LogP contribution in [0, 0.1) is 0 Å². The van der Waals surface area contributed by atoms with Crippen molar-refractivity contribution in [2.24, 2.45) is 0 Å². The molecule has 0 fully saturated rings. The molecule has 8 heteroatoms. The Kier molecular flexibility index (Phi) is 5.55. The Labute approximate surface area is 162 Å². The normalized spacial score (nSPS) is 11.4. The zero-order valence-electron chi connectivity index (χ0n) is 15.7. The number of rotatable bonds is 6. The summed E-state index contributed by atoms with van der Waals surface area (Å²) in [6.07, 6.45) is 1.59. The quantitative estimate of drug-likeness (QED) is 0.653. The first-order valence-corrected chi connectivity index (χ1v) is 9.43. The van der Waals surface area contributed by atoms with Gasteiger partial charge in [0.05, 0.1) is 24.8 Å². The summed E-state index contributed by atoms with van der Waals surface area (Å²) >= 11 is 1.32. The molecule has 0 aliphatic carbocycles. The molecule has 2 aromatic heterocycles. The van der Waals surface area contributed by atoms with Crippen molar-refractivity contribution in [1.82, 2.24) is 20.1 Å². The second kappa shape index (κ2) is 7.87. The number of nitrogens with zero attached hydrogens (tertiary/aromatic N) is 3. The number of nitrogens with one attached hydrogen (secondary N) is 1. The van der Waals surface area contributed by atoms with Crippen molar-refractivity contribution in [3.63, 3.8) is 0 Å². The van der Waals surface area contributed by atoms with Crippen LogP contribution in [0.15, 0.2) is 52.2 Å². The lowest BCUT2D eigenvalue weighted by molar-refractivity contribution is -0.119. The molecule has 142 valence electrons. The van der Waals surface area contributed by atoms with Crippen LogP contribution in [0.2, 0.25) is 0 Å². The maximum Gasteiger partial charge on any atom is 0.230 e. The van der Waals surface area contributed by atoms with Gasteiger partial charge in [0.25, 0.3) is 0 Å². The molecule has 3 rings (SSSR count). The van der Waals surface area contributed by atoms with Crippen molar-refractivity contribution in [3.05, 3.63) is 42.7 Å². The van der Waals surface area contributed by atoms with E-state index in [1.54, 1.807) is 19.4 Å². The van der Waals surface area contributed by atoms with Crippen LogP contribution in [-0.4, -0.2) is 39.1 Å². The maximum absolute atomic E-state index is 12.2. The van der Waals surface area contributed by atoms with Crippen LogP contribution in [0.5, 0.6) is 5.75 Å². The van der Waals surface area contributed by atoms with Gasteiger partial charge in [-0.2, -0.15) is 0 Å². The fourth-order valence-electron chi connectivity index (χ4n) is 2.48. The van der Waals surface area contributed by atoms with Gasteiger partial charge < -0.3 is 14.5 Å². The van der Waals surface area contributed by atoms with E-state index in [1.165, 1.54) is 11.8 Å². The minimum Gasteiger partial charge on any atom is -0.497 e. The summed E-state index contributed by atoms with van der Waals surface area (Å²) in [6.45, 7) is 5.85. The Balaban J connectivity index is 1.91. The smallest absolute Gasteiger partial charge is 0.230 e. The first-order chi connectivity index (χ1) is 12.9. The van der Waals surface area contributed by atoms with Crippen LogP contribution in [-0.2, 0) is 4.79 Å². The molecular weight excluding hydrogens is 364 g/mol. The van der Waals surface area contributed by atoms with Gasteiger partial charge in [0.1, 0.15) is 5.75 Å². The molecule has 0 saturated heterocycles. The molecule has 0 aliphatic rings. The van der Waals surface area contributed by atoms with E-state index in [2.05, 4.69) is 15.5 Å². The predicted octanol–water partition coefficient (Wildman–Crippen LogP) is 3.54. The third kappa shape index (κ3) is 4.71. The number of aromatic nitrogens is 3. The van der Waals surface area contributed by atoms with Gasteiger partial charge >= 0.3 is 0 Å². The lowest BCUT2D eigenvalue weighted by Gasteiger charge is -2.20. The van der Waals surface area contributed by atoms with Crippen molar-refractivity contribution in [3.8, 4) is 23.0 Å². The van der Waals surface area contributed by atoms with E-state index < -0.39 is 0 Å². The van der Waals surface area contributed by atoms with E-state index in [0.717, 1.165) is 11.4 Å². The van der Waals surface area contributed by atoms with Gasteiger partial charge in [0.15, 0.2) is 10.9 Å². The lowest BCUT2D eigenvalue weighted by Crippen LogP contribution is -2.41. The van der Waals surface area contributed by atoms with Gasteiger partial charge in [-0.05, 0) is 57.2 Å². The Hall–Kier alpha value is -2.74. The third-order valence-electron chi connectivity index (χ3n) is 3.55. The monoisotopic (exact) mass is 386 g/mol. The van der Waals surface area contributed by atoms with Crippen LogP contribution in [0.4, 0.5) is 0 Å². The maximum atomic E-state index is 12.2. The van der Waals surface area contributed by atoms with Crippen LogP contribution in [0.3, 0.4) is 0 Å². The van der Waals surface area contributed by atoms with Gasteiger partial charge in [-0.25, -0.2) is 0 Å². The molecule has 1 amide bonds. The van der Waals surface area contributed by atoms with Crippen molar-refractivity contribution >= 4 is 17.7 Å². The minimum atomic E-state index is -0.277. The molecule has 3 aromatic rings. The highest BCUT2D eigenvalue weighted by Gasteiger charge is 2.20. The summed E-state index contributed by atoms with van der Waals surface area (Å²) in [6, 6.07) is 11.2. The van der Waals surface area contributed by atoms with Gasteiger partial charge in [-0.15, -0.1) is 10.2 Å². The molecule has 0 atom stereocenters. The van der Waals surface area contributed by atoms with Crippen molar-refractivity contribution in [1.29, 1.82) is 0 Å². The minimum absolute atomic E-state index is 0.0590. The number of furan rings is 1. The molecule has 0 unspecified atom stereocenters. The number of amides is 1. The molecule has 0 saturated carbocycles. The zero-order chi connectivity index (χ0) is 19.4. The summed E-state index contributed by atoms with van der Waals surface area (Å²) < 4.78 is 12.6. The highest BCUT2D eigenvalue weighted by atomic mass is 32.2. The average Bonchev–Trinajstić information content (AvgIpc) is 3.28. The van der Waals surface area contributed by atoms with Gasteiger partial charge in [0, 0.05) is 5.54 Å². The largest absolute Gasteiger partial charge is 0.497 e. The van der Waals surface area contributed by atoms with Crippen molar-refractivity contribution in [2.75, 3.05) is 12.9 Å². The number of carbonyl (C=O) groups is 1. The van der Waals surface area contributed by atoms with Crippen molar-refractivity contribution in [2.45, 2.75) is 31.5 Å². The molecule has 0 radical (unpaired) electrons. The Morgan fingerprint density at radius 1 is 1.22 bits per heavy atom. The zero-order valence-corrected chi connectivity index (χ0v) is 16.5. The fourth-order valence-corrected chi connectivity index (χ4v) is 3.23. The summed E-state index contributed by atoms with van der Waals surface area (Å²) in [5.41, 5.74) is 0.576. The van der Waals surface area contributed by atoms with Gasteiger partial charge in [-0.3, -0.25) is 9.36 Å². The molecule has 0 bridgehead atoms. The molecule has 2 heterocycles. The van der Waals surface area contributed by atoms with Crippen LogP contribution in [0.1, 0.15) is 20.8 Å². The average molecular weight is 386 g/mol. The second-order valence-corrected chi connectivity index (χ2v) is 7.85. The Bertz CT molecular complexity index is 896. The first-order valence-electron chi connectivity index (χ1n) is 8.45. The summed E-state index contributed by atoms with van der Waals surface area (Å²) in [5.74, 6) is 2.11. The number of hydrogen-bond acceptors (Lipinski definition) is 6. The van der Waals surface area contributed by atoms with Crippen molar-refractivity contribution < 1.29 is 13.9 Å². The topological polar surface area (TPSA) is 82.2 Å². The highest BCUT2D eigenvalue weighted by Crippen LogP contribution is 2.29. The summed E-state index contributed by atoms with van der Waals surface area (Å²) in [7, 11) is 1.62. The van der Waals surface area contributed by atoms with Crippen LogP contribution in [0.25, 0.3) is 17.3 Å². The number of methoxy groups -OCH3 is 1. The number of ether oxygens (including phenoxy) is 1. The van der Waals surface area contributed by atoms with E-state index in [9.17, 15) is 4.79 Å². The highest BCUT2D eigenvalue weighted by molar-refractivity contribution is 7.99. The van der Waals surface area contributed by atoms with E-state index in [-0.39, 0.29) is 17.2 Å². The summed E-state index contributed by atoms with van der Waals surface area (Å²) in [4.78, 5) is 12.2. The molecular formula is C19H22N4O3S. The SMILES string of the molecule is COc1ccc(-n2c(SCC(=O)NC(C)(C)C)nnc2-c2ccco2)cc1. The number of thioether (sulfide) groups is 1. The first kappa shape index (κ1) is 19.0. The number of hydrogen-bond donors (Lipinski definition) is 1. The fraction of sp³-hybridized carbons (Fsp3) is 0.316. The predicted molar refractivity (Wildman–Crippen MR) is 104 cm³/mol. The second-order valence-electron chi connectivity index (χ2n) is 6.90.